The summed E-state index contributed by atoms with van der Waals surface area (Å²) in [5.74, 6) is -0.480. The zero-order valence-electron chi connectivity index (χ0n) is 18.2. The summed E-state index contributed by atoms with van der Waals surface area (Å²) in [7, 11) is 1.71. The van der Waals surface area contributed by atoms with Gasteiger partial charge < -0.3 is 19.2 Å². The zero-order valence-corrected chi connectivity index (χ0v) is 18.2. The van der Waals surface area contributed by atoms with E-state index in [1.807, 2.05) is 13.0 Å². The van der Waals surface area contributed by atoms with Crippen molar-refractivity contribution in [3.63, 3.8) is 0 Å². The van der Waals surface area contributed by atoms with Crippen molar-refractivity contribution >= 4 is 11.9 Å². The lowest BCUT2D eigenvalue weighted by Gasteiger charge is -2.52. The van der Waals surface area contributed by atoms with E-state index in [2.05, 4.69) is 22.8 Å². The van der Waals surface area contributed by atoms with Crippen molar-refractivity contribution in [1.82, 2.24) is 9.80 Å². The summed E-state index contributed by atoms with van der Waals surface area (Å²) in [4.78, 5) is 26.1. The summed E-state index contributed by atoms with van der Waals surface area (Å²) in [6.45, 7) is 7.46. The van der Waals surface area contributed by atoms with Gasteiger partial charge in [0.05, 0.1) is 18.7 Å². The predicted molar refractivity (Wildman–Crippen MR) is 106 cm³/mol. The third kappa shape index (κ3) is 6.00. The molecule has 2 aliphatic rings. The largest absolute Gasteiger partial charge is 0.490 e. The van der Waals surface area contributed by atoms with Gasteiger partial charge >= 0.3 is 12.1 Å². The first kappa shape index (κ1) is 25.2. The summed E-state index contributed by atoms with van der Waals surface area (Å²) in [5, 5.41) is 7.12. The van der Waals surface area contributed by atoms with Gasteiger partial charge in [-0.1, -0.05) is 6.92 Å². The summed E-state index contributed by atoms with van der Waals surface area (Å²) in [5.41, 5.74) is -0.0236. The van der Waals surface area contributed by atoms with Crippen LogP contribution in [0.15, 0.2) is 16.5 Å². The minimum Gasteiger partial charge on any atom is -0.475 e. The number of alkyl halides is 3. The molecule has 31 heavy (non-hydrogen) atoms. The van der Waals surface area contributed by atoms with E-state index >= 15 is 0 Å². The zero-order chi connectivity index (χ0) is 23.2. The van der Waals surface area contributed by atoms with Gasteiger partial charge in [0.2, 0.25) is 5.91 Å². The molecule has 0 aliphatic carbocycles. The number of carboxylic acids is 1. The van der Waals surface area contributed by atoms with Crippen LogP contribution in [0.2, 0.25) is 0 Å². The molecule has 1 amide bonds. The Balaban J connectivity index is 0.000000423. The van der Waals surface area contributed by atoms with Crippen LogP contribution in [0.4, 0.5) is 13.2 Å². The topological polar surface area (TPSA) is 83.2 Å². The average molecular weight is 448 g/mol. The number of rotatable bonds is 6. The fourth-order valence-corrected chi connectivity index (χ4v) is 4.83. The number of carbonyl (C=O) groups excluding carboxylic acids is 1. The molecule has 1 spiro atoms. The molecule has 0 unspecified atom stereocenters. The first-order valence-electron chi connectivity index (χ1n) is 10.4. The first-order valence-corrected chi connectivity index (χ1v) is 10.4. The standard InChI is InChI=1S/C19H30N2O3.C2HF3O2/c1-4-17-19(10-8-18(22)21(19)12-13-23-3)9-5-11-20(17)14-16-7-6-15(2)24-16;3-2(4,5)1(6)7/h6-7,17H,4-5,8-14H2,1-3H3;(H,6,7)/t17-,19-;/m0./s1. The van der Waals surface area contributed by atoms with Gasteiger partial charge in [-0.2, -0.15) is 13.2 Å². The highest BCUT2D eigenvalue weighted by molar-refractivity contribution is 5.80. The molecule has 0 bridgehead atoms. The highest BCUT2D eigenvalue weighted by Crippen LogP contribution is 2.43. The number of halogens is 3. The molecule has 0 radical (unpaired) electrons. The Morgan fingerprint density at radius 1 is 1.35 bits per heavy atom. The van der Waals surface area contributed by atoms with Gasteiger partial charge in [-0.05, 0) is 51.3 Å². The van der Waals surface area contributed by atoms with E-state index in [9.17, 15) is 18.0 Å². The molecule has 7 nitrogen and oxygen atoms in total. The quantitative estimate of drug-likeness (QED) is 0.716. The Hall–Kier alpha value is -2.07. The van der Waals surface area contributed by atoms with Crippen LogP contribution < -0.4 is 0 Å². The molecule has 1 aromatic heterocycles. The Morgan fingerprint density at radius 2 is 2.03 bits per heavy atom. The molecule has 10 heteroatoms. The minimum atomic E-state index is -5.08. The van der Waals surface area contributed by atoms with E-state index in [1.165, 1.54) is 0 Å². The highest BCUT2D eigenvalue weighted by atomic mass is 19.4. The molecule has 0 aromatic carbocycles. The second-order valence-electron chi connectivity index (χ2n) is 7.96. The third-order valence-corrected chi connectivity index (χ3v) is 6.03. The molecular weight excluding hydrogens is 417 g/mol. The predicted octanol–water partition coefficient (Wildman–Crippen LogP) is 3.60. The van der Waals surface area contributed by atoms with Crippen LogP contribution in [0, 0.1) is 6.92 Å². The monoisotopic (exact) mass is 448 g/mol. The van der Waals surface area contributed by atoms with E-state index in [1.54, 1.807) is 7.11 Å². The maximum absolute atomic E-state index is 12.5. The normalized spacial score (nSPS) is 24.4. The number of carbonyl (C=O) groups is 2. The lowest BCUT2D eigenvalue weighted by atomic mass is 9.77. The van der Waals surface area contributed by atoms with E-state index in [-0.39, 0.29) is 5.54 Å². The van der Waals surface area contributed by atoms with Gasteiger partial charge in [0.1, 0.15) is 11.5 Å². The number of aliphatic carboxylic acids is 1. The Bertz CT molecular complexity index is 752. The van der Waals surface area contributed by atoms with Crippen LogP contribution in [-0.4, -0.2) is 71.3 Å². The fraction of sp³-hybridized carbons (Fsp3) is 0.714. The van der Waals surface area contributed by atoms with Crippen molar-refractivity contribution in [2.75, 3.05) is 26.8 Å². The molecule has 2 fully saturated rings. The molecule has 3 heterocycles. The van der Waals surface area contributed by atoms with Gasteiger partial charge in [0.25, 0.3) is 0 Å². The van der Waals surface area contributed by atoms with Gasteiger partial charge in [0, 0.05) is 26.1 Å². The van der Waals surface area contributed by atoms with E-state index in [4.69, 9.17) is 19.1 Å². The van der Waals surface area contributed by atoms with Crippen LogP contribution in [0.5, 0.6) is 0 Å². The van der Waals surface area contributed by atoms with Crippen molar-refractivity contribution in [2.45, 2.75) is 70.3 Å². The summed E-state index contributed by atoms with van der Waals surface area (Å²) < 4.78 is 42.8. The summed E-state index contributed by atoms with van der Waals surface area (Å²) >= 11 is 0. The van der Waals surface area contributed by atoms with E-state index in [0.717, 1.165) is 50.3 Å². The van der Waals surface area contributed by atoms with Crippen LogP contribution in [-0.2, 0) is 20.9 Å². The molecular formula is C21H31F3N2O5. The maximum atomic E-state index is 12.5. The Morgan fingerprint density at radius 3 is 2.55 bits per heavy atom. The summed E-state index contributed by atoms with van der Waals surface area (Å²) in [6.07, 6.45) is -0.145. The Kier molecular flexibility index (Phi) is 8.53. The Labute approximate surface area is 180 Å². The SMILES string of the molecule is CC[C@@H]1N(Cc2ccc(C)o2)CCC[C@]12CCC(=O)N2CCOC.O=C(O)C(F)(F)F. The lowest BCUT2D eigenvalue weighted by molar-refractivity contribution is -0.192. The number of amides is 1. The second-order valence-corrected chi connectivity index (χ2v) is 7.96. The third-order valence-electron chi connectivity index (χ3n) is 6.03. The fourth-order valence-electron chi connectivity index (χ4n) is 4.83. The molecule has 1 N–H and O–H groups in total. The van der Waals surface area contributed by atoms with Crippen molar-refractivity contribution in [3.05, 3.63) is 23.7 Å². The van der Waals surface area contributed by atoms with E-state index < -0.39 is 12.1 Å². The number of hydrogen-bond acceptors (Lipinski definition) is 5. The molecule has 3 rings (SSSR count). The molecule has 0 saturated carbocycles. The molecule has 2 saturated heterocycles. The van der Waals surface area contributed by atoms with Gasteiger partial charge in [-0.15, -0.1) is 0 Å². The number of furan rings is 1. The lowest BCUT2D eigenvalue weighted by Crippen LogP contribution is -2.63. The molecule has 1 aromatic rings. The number of hydrogen-bond donors (Lipinski definition) is 1. The van der Waals surface area contributed by atoms with Gasteiger partial charge in [0.15, 0.2) is 0 Å². The van der Waals surface area contributed by atoms with Crippen molar-refractivity contribution in [2.24, 2.45) is 0 Å². The summed E-state index contributed by atoms with van der Waals surface area (Å²) in [6, 6.07) is 4.49. The number of ether oxygens (including phenoxy) is 1. The van der Waals surface area contributed by atoms with Crippen molar-refractivity contribution in [3.8, 4) is 0 Å². The number of carboxylic acid groups (broad SMARTS) is 1. The van der Waals surface area contributed by atoms with E-state index in [0.29, 0.717) is 31.5 Å². The smallest absolute Gasteiger partial charge is 0.475 e. The number of aryl methyl sites for hydroxylation is 1. The van der Waals surface area contributed by atoms with Crippen LogP contribution in [0.1, 0.15) is 50.5 Å². The number of nitrogens with zero attached hydrogens (tertiary/aromatic N) is 2. The van der Waals surface area contributed by atoms with Crippen LogP contribution in [0.3, 0.4) is 0 Å². The molecule has 176 valence electrons. The maximum Gasteiger partial charge on any atom is 0.490 e. The second kappa shape index (κ2) is 10.5. The molecule has 2 aliphatic heterocycles. The van der Waals surface area contributed by atoms with Gasteiger partial charge in [-0.3, -0.25) is 9.69 Å². The first-order chi connectivity index (χ1) is 14.5. The van der Waals surface area contributed by atoms with Gasteiger partial charge in [-0.25, -0.2) is 4.79 Å². The van der Waals surface area contributed by atoms with Crippen LogP contribution >= 0.6 is 0 Å². The highest BCUT2D eigenvalue weighted by Gasteiger charge is 2.52. The average Bonchev–Trinajstić information content (AvgIpc) is 3.24. The van der Waals surface area contributed by atoms with Crippen LogP contribution in [0.25, 0.3) is 0 Å². The number of likely N-dealkylation sites (tertiary alicyclic amines) is 2. The number of methoxy groups -OCH3 is 1. The minimum absolute atomic E-state index is 0.0236. The number of piperidine rings is 1. The van der Waals surface area contributed by atoms with Crippen molar-refractivity contribution in [1.29, 1.82) is 0 Å². The molecule has 2 atom stereocenters. The van der Waals surface area contributed by atoms with Crippen molar-refractivity contribution < 1.29 is 37.0 Å².